The summed E-state index contributed by atoms with van der Waals surface area (Å²) in [6.45, 7) is 3.15. The summed E-state index contributed by atoms with van der Waals surface area (Å²) in [4.78, 5) is 0. The number of ether oxygens (including phenoxy) is 1. The van der Waals surface area contributed by atoms with E-state index in [-0.39, 0.29) is 12.6 Å². The fourth-order valence-corrected chi connectivity index (χ4v) is 1.53. The number of benzene rings is 1. The summed E-state index contributed by atoms with van der Waals surface area (Å²) in [6, 6.07) is 1.14. The topological polar surface area (TPSA) is 35.2 Å². The van der Waals surface area contributed by atoms with E-state index in [4.69, 9.17) is 10.5 Å². The van der Waals surface area contributed by atoms with E-state index < -0.39 is 34.8 Å². The molecule has 21 heavy (non-hydrogen) atoms. The van der Waals surface area contributed by atoms with Crippen molar-refractivity contribution in [2.75, 3.05) is 6.54 Å². The van der Waals surface area contributed by atoms with E-state index in [1.165, 1.54) is 6.92 Å². The number of halogens is 6. The van der Waals surface area contributed by atoms with E-state index in [0.717, 1.165) is 0 Å². The molecule has 1 atom stereocenters. The number of hydrogen-bond acceptors (Lipinski definition) is 2. The van der Waals surface area contributed by atoms with E-state index in [1.807, 2.05) is 0 Å². The molecule has 0 aromatic heterocycles. The van der Waals surface area contributed by atoms with Gasteiger partial charge in [0.2, 0.25) is 0 Å². The summed E-state index contributed by atoms with van der Waals surface area (Å²) >= 11 is 0. The van der Waals surface area contributed by atoms with Crippen molar-refractivity contribution in [3.8, 4) is 5.75 Å². The minimum absolute atomic E-state index is 0.0406. The van der Waals surface area contributed by atoms with Crippen LogP contribution in [0.5, 0.6) is 5.75 Å². The Morgan fingerprint density at radius 1 is 0.952 bits per heavy atom. The van der Waals surface area contributed by atoms with Crippen LogP contribution in [0, 0.1) is 0 Å². The molecule has 0 aliphatic carbocycles. The Kier molecular flexibility index (Phi) is 4.82. The number of nitrogens with two attached hydrogens (primary N) is 1. The van der Waals surface area contributed by atoms with Crippen molar-refractivity contribution in [2.45, 2.75) is 38.2 Å². The standard InChI is InChI=1S/C13H15F6NO/c1-3-11(2,7-20)21-10-5-8(12(14,15)16)4-9(6-10)13(17,18)19/h4-6H,3,7,20H2,1-2H3. The molecule has 0 saturated carbocycles. The molecule has 0 fully saturated rings. The molecule has 0 aliphatic rings. The number of hydrogen-bond donors (Lipinski definition) is 1. The monoisotopic (exact) mass is 315 g/mol. The molecule has 2 nitrogen and oxygen atoms in total. The van der Waals surface area contributed by atoms with Gasteiger partial charge >= 0.3 is 12.4 Å². The molecule has 0 bridgehead atoms. The van der Waals surface area contributed by atoms with Gasteiger partial charge in [-0.15, -0.1) is 0 Å². The van der Waals surface area contributed by atoms with Gasteiger partial charge in [0.05, 0.1) is 11.1 Å². The van der Waals surface area contributed by atoms with Crippen LogP contribution in [-0.2, 0) is 12.4 Å². The minimum atomic E-state index is -4.90. The van der Waals surface area contributed by atoms with Crippen LogP contribution >= 0.6 is 0 Å². The van der Waals surface area contributed by atoms with Crippen LogP contribution in [0.15, 0.2) is 18.2 Å². The molecule has 0 saturated heterocycles. The molecule has 0 heterocycles. The third kappa shape index (κ3) is 4.52. The molecule has 1 rings (SSSR count). The Hall–Kier alpha value is -1.44. The first-order chi connectivity index (χ1) is 9.41. The molecule has 0 radical (unpaired) electrons. The fraction of sp³-hybridized carbons (Fsp3) is 0.538. The molecule has 8 heteroatoms. The lowest BCUT2D eigenvalue weighted by molar-refractivity contribution is -0.143. The van der Waals surface area contributed by atoms with Crippen LogP contribution in [0.25, 0.3) is 0 Å². The molecule has 0 aliphatic heterocycles. The van der Waals surface area contributed by atoms with Gasteiger partial charge in [0, 0.05) is 6.54 Å². The highest BCUT2D eigenvalue weighted by molar-refractivity contribution is 5.37. The van der Waals surface area contributed by atoms with E-state index in [2.05, 4.69) is 0 Å². The zero-order chi connectivity index (χ0) is 16.5. The highest BCUT2D eigenvalue weighted by atomic mass is 19.4. The van der Waals surface area contributed by atoms with Crippen LogP contribution < -0.4 is 10.5 Å². The van der Waals surface area contributed by atoms with Crippen molar-refractivity contribution in [1.82, 2.24) is 0 Å². The Labute approximate surface area is 117 Å². The van der Waals surface area contributed by atoms with Gasteiger partial charge in [0.25, 0.3) is 0 Å². The van der Waals surface area contributed by atoms with Gasteiger partial charge in [-0.05, 0) is 31.5 Å². The predicted molar refractivity (Wildman–Crippen MR) is 64.8 cm³/mol. The Morgan fingerprint density at radius 2 is 1.38 bits per heavy atom. The van der Waals surface area contributed by atoms with Gasteiger partial charge in [-0.3, -0.25) is 0 Å². The fourth-order valence-electron chi connectivity index (χ4n) is 1.53. The number of alkyl halides is 6. The molecule has 0 amide bonds. The molecule has 1 aromatic carbocycles. The van der Waals surface area contributed by atoms with E-state index in [0.29, 0.717) is 18.6 Å². The molecule has 2 N–H and O–H groups in total. The first kappa shape index (κ1) is 17.6. The first-order valence-electron chi connectivity index (χ1n) is 6.10. The van der Waals surface area contributed by atoms with E-state index in [9.17, 15) is 26.3 Å². The average Bonchev–Trinajstić information content (AvgIpc) is 2.36. The van der Waals surface area contributed by atoms with Crippen molar-refractivity contribution in [3.05, 3.63) is 29.3 Å². The Morgan fingerprint density at radius 3 is 1.67 bits per heavy atom. The summed E-state index contributed by atoms with van der Waals surface area (Å²) < 4.78 is 81.4. The zero-order valence-corrected chi connectivity index (χ0v) is 11.4. The Balaban J connectivity index is 3.33. The molecular weight excluding hydrogens is 300 g/mol. The second-order valence-corrected chi connectivity index (χ2v) is 4.85. The lowest BCUT2D eigenvalue weighted by Gasteiger charge is -2.28. The van der Waals surface area contributed by atoms with Gasteiger partial charge in [-0.25, -0.2) is 0 Å². The average molecular weight is 315 g/mol. The third-order valence-corrected chi connectivity index (χ3v) is 3.11. The highest BCUT2D eigenvalue weighted by Gasteiger charge is 2.37. The van der Waals surface area contributed by atoms with Crippen LogP contribution in [0.3, 0.4) is 0 Å². The van der Waals surface area contributed by atoms with Gasteiger partial charge < -0.3 is 10.5 Å². The summed E-state index contributed by atoms with van der Waals surface area (Å²) in [7, 11) is 0. The molecule has 120 valence electrons. The van der Waals surface area contributed by atoms with Crippen molar-refractivity contribution < 1.29 is 31.1 Å². The second kappa shape index (κ2) is 5.75. The number of rotatable bonds is 4. The maximum Gasteiger partial charge on any atom is 0.416 e. The van der Waals surface area contributed by atoms with E-state index >= 15 is 0 Å². The van der Waals surface area contributed by atoms with Crippen LogP contribution in [0.1, 0.15) is 31.4 Å². The van der Waals surface area contributed by atoms with Crippen molar-refractivity contribution in [3.63, 3.8) is 0 Å². The molecular formula is C13H15F6NO. The third-order valence-electron chi connectivity index (χ3n) is 3.11. The van der Waals surface area contributed by atoms with Gasteiger partial charge in [0.15, 0.2) is 0 Å². The first-order valence-corrected chi connectivity index (χ1v) is 6.10. The Bertz CT molecular complexity index is 458. The van der Waals surface area contributed by atoms with Crippen LogP contribution in [-0.4, -0.2) is 12.1 Å². The largest absolute Gasteiger partial charge is 0.486 e. The smallest absolute Gasteiger partial charge is 0.416 e. The van der Waals surface area contributed by atoms with Crippen molar-refractivity contribution in [1.29, 1.82) is 0 Å². The van der Waals surface area contributed by atoms with Gasteiger partial charge in [0.1, 0.15) is 11.4 Å². The highest BCUT2D eigenvalue weighted by Crippen LogP contribution is 2.38. The zero-order valence-electron chi connectivity index (χ0n) is 11.4. The van der Waals surface area contributed by atoms with Crippen LogP contribution in [0.2, 0.25) is 0 Å². The second-order valence-electron chi connectivity index (χ2n) is 4.85. The van der Waals surface area contributed by atoms with Crippen LogP contribution in [0.4, 0.5) is 26.3 Å². The SMILES string of the molecule is CCC(C)(CN)Oc1cc(C(F)(F)F)cc(C(F)(F)F)c1. The normalized spacial score (nSPS) is 15.7. The maximum absolute atomic E-state index is 12.7. The summed E-state index contributed by atoms with van der Waals surface area (Å²) in [6.07, 6.45) is -9.46. The molecule has 0 spiro atoms. The van der Waals surface area contributed by atoms with Crippen molar-refractivity contribution in [2.24, 2.45) is 5.73 Å². The molecule has 1 aromatic rings. The summed E-state index contributed by atoms with van der Waals surface area (Å²) in [5.74, 6) is -0.507. The molecule has 1 unspecified atom stereocenters. The van der Waals surface area contributed by atoms with Gasteiger partial charge in [-0.2, -0.15) is 26.3 Å². The quantitative estimate of drug-likeness (QED) is 0.844. The van der Waals surface area contributed by atoms with Gasteiger partial charge in [-0.1, -0.05) is 6.92 Å². The minimum Gasteiger partial charge on any atom is -0.486 e. The lowest BCUT2D eigenvalue weighted by atomic mass is 10.0. The lowest BCUT2D eigenvalue weighted by Crippen LogP contribution is -2.40. The maximum atomic E-state index is 12.7. The summed E-state index contributed by atoms with van der Waals surface area (Å²) in [5, 5.41) is 0. The predicted octanol–water partition coefficient (Wildman–Crippen LogP) is 4.23. The van der Waals surface area contributed by atoms with Crippen molar-refractivity contribution >= 4 is 0 Å². The van der Waals surface area contributed by atoms with E-state index in [1.54, 1.807) is 6.92 Å². The summed E-state index contributed by atoms with van der Waals surface area (Å²) in [5.41, 5.74) is 1.58.